The normalized spacial score (nSPS) is 12.1. The molecule has 0 aliphatic carbocycles. The third-order valence-electron chi connectivity index (χ3n) is 8.77. The van der Waals surface area contributed by atoms with E-state index in [1.165, 1.54) is 87.5 Å². The Labute approximate surface area is 231 Å². The van der Waals surface area contributed by atoms with Gasteiger partial charge in [0.05, 0.1) is 16.6 Å². The molecule has 0 unspecified atom stereocenters. The topological polar surface area (TPSA) is 4.41 Å². The van der Waals surface area contributed by atoms with Crippen molar-refractivity contribution in [2.45, 2.75) is 6.92 Å². The molecule has 1 nitrogen and oxygen atoms in total. The van der Waals surface area contributed by atoms with Crippen molar-refractivity contribution in [2.75, 3.05) is 0 Å². The van der Waals surface area contributed by atoms with Gasteiger partial charge in [-0.2, -0.15) is 0 Å². The summed E-state index contributed by atoms with van der Waals surface area (Å²) in [4.78, 5) is 0. The fraction of sp³-hybridized carbons (Fsp3) is 0.0256. The van der Waals surface area contributed by atoms with Crippen LogP contribution in [-0.2, 0) is 0 Å². The Morgan fingerprint density at radius 2 is 0.925 bits per heavy atom. The van der Waals surface area contributed by atoms with Crippen LogP contribution in [0, 0.1) is 6.92 Å². The van der Waals surface area contributed by atoms with E-state index in [9.17, 15) is 0 Å². The number of fused-ring (bicyclic) bond motifs is 8. The predicted molar refractivity (Wildman–Crippen MR) is 172 cm³/mol. The average Bonchev–Trinajstić information content (AvgIpc) is 3.49. The third-order valence-corrected chi connectivity index (χ3v) is 8.77. The minimum Gasteiger partial charge on any atom is -0.308 e. The van der Waals surface area contributed by atoms with Crippen molar-refractivity contribution in [1.82, 2.24) is 4.40 Å². The second-order valence-electron chi connectivity index (χ2n) is 11.1. The summed E-state index contributed by atoms with van der Waals surface area (Å²) in [7, 11) is 0. The average molecular weight is 508 g/mol. The first-order valence-electron chi connectivity index (χ1n) is 13.9. The summed E-state index contributed by atoms with van der Waals surface area (Å²) < 4.78 is 2.50. The van der Waals surface area contributed by atoms with E-state index in [0.29, 0.717) is 0 Å². The van der Waals surface area contributed by atoms with Crippen LogP contribution in [0.4, 0.5) is 0 Å². The molecule has 9 rings (SSSR count). The molecule has 0 radical (unpaired) electrons. The molecule has 0 spiro atoms. The summed E-state index contributed by atoms with van der Waals surface area (Å²) in [5.41, 5.74) is 10.2. The summed E-state index contributed by atoms with van der Waals surface area (Å²) in [6, 6.07) is 49.3. The number of nitrogens with zero attached hydrogens (tertiary/aromatic N) is 1. The molecule has 0 saturated carbocycles. The summed E-state index contributed by atoms with van der Waals surface area (Å²) in [5, 5.41) is 10.4. The molecule has 2 heterocycles. The van der Waals surface area contributed by atoms with E-state index in [2.05, 4.69) is 145 Å². The second-order valence-corrected chi connectivity index (χ2v) is 11.1. The van der Waals surface area contributed by atoms with Gasteiger partial charge in [0.15, 0.2) is 0 Å². The Hall–Kier alpha value is -5.14. The molecule has 186 valence electrons. The number of hydrogen-bond donors (Lipinski definition) is 0. The molecule has 0 fully saturated rings. The molecular formula is C39H25N. The molecular weight excluding hydrogens is 482 g/mol. The van der Waals surface area contributed by atoms with Crippen LogP contribution in [0.3, 0.4) is 0 Å². The van der Waals surface area contributed by atoms with Crippen molar-refractivity contribution in [2.24, 2.45) is 0 Å². The molecule has 0 saturated heterocycles. The lowest BCUT2D eigenvalue weighted by molar-refractivity contribution is 1.38. The zero-order chi connectivity index (χ0) is 26.4. The summed E-state index contributed by atoms with van der Waals surface area (Å²) in [6.45, 7) is 2.24. The van der Waals surface area contributed by atoms with Gasteiger partial charge in [-0.1, -0.05) is 97.1 Å². The first-order valence-corrected chi connectivity index (χ1v) is 13.9. The Bertz CT molecular complexity index is 2300. The van der Waals surface area contributed by atoms with E-state index in [4.69, 9.17) is 0 Å². The van der Waals surface area contributed by atoms with Crippen molar-refractivity contribution in [3.8, 4) is 22.3 Å². The van der Waals surface area contributed by atoms with Gasteiger partial charge in [-0.25, -0.2) is 0 Å². The highest BCUT2D eigenvalue weighted by molar-refractivity contribution is 6.27. The molecule has 7 aromatic carbocycles. The van der Waals surface area contributed by atoms with Gasteiger partial charge in [-0.15, -0.1) is 0 Å². The van der Waals surface area contributed by atoms with E-state index in [1.54, 1.807) is 0 Å². The number of benzene rings is 7. The molecule has 0 N–H and O–H groups in total. The summed E-state index contributed by atoms with van der Waals surface area (Å²) >= 11 is 0. The Kier molecular flexibility index (Phi) is 4.32. The molecule has 2 aromatic heterocycles. The fourth-order valence-corrected chi connectivity index (χ4v) is 6.87. The zero-order valence-corrected chi connectivity index (χ0v) is 22.1. The number of aromatic nitrogens is 1. The van der Waals surface area contributed by atoms with Crippen molar-refractivity contribution in [3.63, 3.8) is 0 Å². The molecule has 1 heteroatoms. The lowest BCUT2D eigenvalue weighted by atomic mass is 9.93. The third kappa shape index (κ3) is 2.98. The number of aryl methyl sites for hydroxylation is 1. The quantitative estimate of drug-likeness (QED) is 0.219. The van der Waals surface area contributed by atoms with E-state index < -0.39 is 0 Å². The maximum Gasteiger partial charge on any atom is 0.0620 e. The van der Waals surface area contributed by atoms with Crippen LogP contribution in [0.2, 0.25) is 0 Å². The van der Waals surface area contributed by atoms with E-state index in [0.717, 1.165) is 0 Å². The van der Waals surface area contributed by atoms with Gasteiger partial charge in [0.1, 0.15) is 0 Å². The van der Waals surface area contributed by atoms with Gasteiger partial charge in [-0.3, -0.25) is 0 Å². The molecule has 0 atom stereocenters. The predicted octanol–water partition coefficient (Wildman–Crippen LogP) is 10.8. The Morgan fingerprint density at radius 1 is 0.400 bits per heavy atom. The summed E-state index contributed by atoms with van der Waals surface area (Å²) in [6.07, 6.45) is 0. The van der Waals surface area contributed by atoms with Gasteiger partial charge in [0.2, 0.25) is 0 Å². The highest BCUT2D eigenvalue weighted by Gasteiger charge is 2.20. The highest BCUT2D eigenvalue weighted by atomic mass is 14.9. The molecule has 0 bridgehead atoms. The van der Waals surface area contributed by atoms with Gasteiger partial charge in [0, 0.05) is 21.5 Å². The maximum absolute atomic E-state index is 2.50. The lowest BCUT2D eigenvalue weighted by Crippen LogP contribution is -1.86. The van der Waals surface area contributed by atoms with Crippen LogP contribution in [-0.4, -0.2) is 4.40 Å². The van der Waals surface area contributed by atoms with Crippen LogP contribution >= 0.6 is 0 Å². The Balaban J connectivity index is 1.41. The van der Waals surface area contributed by atoms with Crippen LogP contribution in [0.15, 0.2) is 133 Å². The minimum atomic E-state index is 1.25. The molecule has 0 amide bonds. The van der Waals surface area contributed by atoms with Gasteiger partial charge in [-0.05, 0) is 92.7 Å². The number of hydrogen-bond acceptors (Lipinski definition) is 0. The highest BCUT2D eigenvalue weighted by Crippen LogP contribution is 2.44. The van der Waals surface area contributed by atoms with Crippen LogP contribution in [0.5, 0.6) is 0 Å². The largest absolute Gasteiger partial charge is 0.308 e. The molecule has 40 heavy (non-hydrogen) atoms. The van der Waals surface area contributed by atoms with Crippen LogP contribution in [0.25, 0.3) is 81.9 Å². The zero-order valence-electron chi connectivity index (χ0n) is 22.1. The second kappa shape index (κ2) is 7.94. The maximum atomic E-state index is 2.50. The van der Waals surface area contributed by atoms with Crippen molar-refractivity contribution in [3.05, 3.63) is 139 Å². The first-order chi connectivity index (χ1) is 19.7. The van der Waals surface area contributed by atoms with Crippen molar-refractivity contribution in [1.29, 1.82) is 0 Å². The SMILES string of the molecule is Cc1cc(-c2ccccc2)ccc1-c1cc2c3cc4ccccc4cc3n3c4cc5ccccc5cc4c(c1)c23. The first kappa shape index (κ1) is 21.8. The van der Waals surface area contributed by atoms with E-state index in [1.807, 2.05) is 0 Å². The van der Waals surface area contributed by atoms with Crippen molar-refractivity contribution < 1.29 is 0 Å². The minimum absolute atomic E-state index is 1.25. The van der Waals surface area contributed by atoms with Crippen molar-refractivity contribution >= 4 is 59.6 Å². The van der Waals surface area contributed by atoms with Gasteiger partial charge < -0.3 is 4.40 Å². The lowest BCUT2D eigenvalue weighted by Gasteiger charge is -2.11. The smallest absolute Gasteiger partial charge is 0.0620 e. The molecule has 9 aromatic rings. The fourth-order valence-electron chi connectivity index (χ4n) is 6.87. The standard InChI is InChI=1S/C39H25N/c1-24-17-30(25-9-3-2-4-10-25)15-16-32(24)31-20-35-33-18-26-11-5-7-13-28(26)22-37(33)40-38-23-29-14-8-6-12-27(29)19-34(38)36(21-31)39(35)40/h2-23H,1H3. The van der Waals surface area contributed by atoms with Crippen LogP contribution in [0.1, 0.15) is 5.56 Å². The van der Waals surface area contributed by atoms with Crippen LogP contribution < -0.4 is 0 Å². The number of rotatable bonds is 2. The Morgan fingerprint density at radius 3 is 1.48 bits per heavy atom. The summed E-state index contributed by atoms with van der Waals surface area (Å²) in [5.74, 6) is 0. The van der Waals surface area contributed by atoms with Gasteiger partial charge in [0.25, 0.3) is 0 Å². The van der Waals surface area contributed by atoms with E-state index in [-0.39, 0.29) is 0 Å². The van der Waals surface area contributed by atoms with Gasteiger partial charge >= 0.3 is 0 Å². The molecule has 0 aliphatic heterocycles. The van der Waals surface area contributed by atoms with E-state index >= 15 is 0 Å². The monoisotopic (exact) mass is 507 g/mol. The molecule has 0 aliphatic rings.